The van der Waals surface area contributed by atoms with Gasteiger partial charge in [0.2, 0.25) is 5.91 Å². The van der Waals surface area contributed by atoms with Crippen LogP contribution in [0.2, 0.25) is 0 Å². The summed E-state index contributed by atoms with van der Waals surface area (Å²) in [6.07, 6.45) is 0. The third-order valence-electron chi connectivity index (χ3n) is 2.15. The SMILES string of the molecule is COCCOc1ccc(NC(=O)CN(C)C)cc1. The third kappa shape index (κ3) is 5.65. The molecule has 0 radical (unpaired) electrons. The Balaban J connectivity index is 2.42. The standard InChI is InChI=1S/C13H20N2O3/c1-15(2)10-13(16)14-11-4-6-12(7-5-11)18-9-8-17-3/h4-7H,8-10H2,1-3H3,(H,14,16). The van der Waals surface area contributed by atoms with Crippen LogP contribution in [0.25, 0.3) is 0 Å². The zero-order valence-corrected chi connectivity index (χ0v) is 11.1. The number of methoxy groups -OCH3 is 1. The zero-order chi connectivity index (χ0) is 13.4. The van der Waals surface area contributed by atoms with E-state index >= 15 is 0 Å². The number of hydrogen-bond donors (Lipinski definition) is 1. The molecule has 18 heavy (non-hydrogen) atoms. The first-order chi connectivity index (χ1) is 8.61. The van der Waals surface area contributed by atoms with Crippen LogP contribution in [-0.2, 0) is 9.53 Å². The number of nitrogens with one attached hydrogen (secondary N) is 1. The molecule has 1 aromatic rings. The Morgan fingerprint density at radius 1 is 1.22 bits per heavy atom. The predicted molar refractivity (Wildman–Crippen MR) is 71.0 cm³/mol. The second kappa shape index (κ2) is 7.68. The van der Waals surface area contributed by atoms with Gasteiger partial charge >= 0.3 is 0 Å². The summed E-state index contributed by atoms with van der Waals surface area (Å²) < 4.78 is 10.3. The fourth-order valence-electron chi connectivity index (χ4n) is 1.37. The largest absolute Gasteiger partial charge is 0.491 e. The lowest BCUT2D eigenvalue weighted by Crippen LogP contribution is -2.27. The smallest absolute Gasteiger partial charge is 0.238 e. The maximum absolute atomic E-state index is 11.5. The highest BCUT2D eigenvalue weighted by Gasteiger charge is 2.03. The Morgan fingerprint density at radius 2 is 1.89 bits per heavy atom. The molecule has 0 aliphatic heterocycles. The van der Waals surface area contributed by atoms with Gasteiger partial charge in [-0.2, -0.15) is 0 Å². The summed E-state index contributed by atoms with van der Waals surface area (Å²) in [6.45, 7) is 1.44. The fraction of sp³-hybridized carbons (Fsp3) is 0.462. The molecule has 1 aromatic carbocycles. The maximum atomic E-state index is 11.5. The zero-order valence-electron chi connectivity index (χ0n) is 11.1. The average Bonchev–Trinajstić information content (AvgIpc) is 2.30. The van der Waals surface area contributed by atoms with Crippen molar-refractivity contribution in [3.05, 3.63) is 24.3 Å². The fourth-order valence-corrected chi connectivity index (χ4v) is 1.37. The van der Waals surface area contributed by atoms with E-state index < -0.39 is 0 Å². The quantitative estimate of drug-likeness (QED) is 0.741. The summed E-state index contributed by atoms with van der Waals surface area (Å²) in [4.78, 5) is 13.3. The number of rotatable bonds is 7. The first kappa shape index (κ1) is 14.5. The molecule has 0 saturated heterocycles. The highest BCUT2D eigenvalue weighted by Crippen LogP contribution is 2.15. The Labute approximate surface area is 108 Å². The van der Waals surface area contributed by atoms with Crippen LogP contribution < -0.4 is 10.1 Å². The molecule has 0 bridgehead atoms. The second-order valence-corrected chi connectivity index (χ2v) is 4.15. The van der Waals surface area contributed by atoms with Crippen molar-refractivity contribution in [2.75, 3.05) is 46.3 Å². The molecule has 0 heterocycles. The molecular weight excluding hydrogens is 232 g/mol. The molecule has 0 aliphatic rings. The van der Waals surface area contributed by atoms with Crippen LogP contribution in [0.4, 0.5) is 5.69 Å². The molecule has 1 N–H and O–H groups in total. The van der Waals surface area contributed by atoms with Crippen molar-refractivity contribution >= 4 is 11.6 Å². The minimum atomic E-state index is -0.0342. The van der Waals surface area contributed by atoms with Crippen molar-refractivity contribution in [1.82, 2.24) is 4.90 Å². The van der Waals surface area contributed by atoms with Crippen molar-refractivity contribution < 1.29 is 14.3 Å². The van der Waals surface area contributed by atoms with E-state index in [9.17, 15) is 4.79 Å². The number of ether oxygens (including phenoxy) is 2. The molecule has 0 unspecified atom stereocenters. The van der Waals surface area contributed by atoms with Crippen molar-refractivity contribution in [1.29, 1.82) is 0 Å². The molecule has 0 atom stereocenters. The van der Waals surface area contributed by atoms with Crippen LogP contribution in [0.15, 0.2) is 24.3 Å². The molecule has 100 valence electrons. The molecule has 1 amide bonds. The number of amides is 1. The number of hydrogen-bond acceptors (Lipinski definition) is 4. The van der Waals surface area contributed by atoms with Crippen molar-refractivity contribution in [3.63, 3.8) is 0 Å². The summed E-state index contributed by atoms with van der Waals surface area (Å²) in [5, 5.41) is 2.81. The summed E-state index contributed by atoms with van der Waals surface area (Å²) in [6, 6.07) is 7.27. The van der Waals surface area contributed by atoms with Gasteiger partial charge in [0.05, 0.1) is 13.2 Å². The van der Waals surface area contributed by atoms with Crippen molar-refractivity contribution in [3.8, 4) is 5.75 Å². The van der Waals surface area contributed by atoms with Crippen LogP contribution >= 0.6 is 0 Å². The molecule has 0 saturated carbocycles. The van der Waals surface area contributed by atoms with Gasteiger partial charge < -0.3 is 19.7 Å². The Hall–Kier alpha value is -1.59. The highest BCUT2D eigenvalue weighted by molar-refractivity contribution is 5.92. The van der Waals surface area contributed by atoms with Crippen molar-refractivity contribution in [2.45, 2.75) is 0 Å². The average molecular weight is 252 g/mol. The van der Waals surface area contributed by atoms with Crippen LogP contribution in [-0.4, -0.2) is 51.8 Å². The highest BCUT2D eigenvalue weighted by atomic mass is 16.5. The lowest BCUT2D eigenvalue weighted by molar-refractivity contribution is -0.116. The van der Waals surface area contributed by atoms with Crippen molar-refractivity contribution in [2.24, 2.45) is 0 Å². The van der Waals surface area contributed by atoms with E-state index in [1.165, 1.54) is 0 Å². The van der Waals surface area contributed by atoms with Crippen LogP contribution in [0.5, 0.6) is 5.75 Å². The molecular formula is C13H20N2O3. The summed E-state index contributed by atoms with van der Waals surface area (Å²) in [5.74, 6) is 0.728. The summed E-state index contributed by atoms with van der Waals surface area (Å²) >= 11 is 0. The Morgan fingerprint density at radius 3 is 2.44 bits per heavy atom. The van der Waals surface area contributed by atoms with Crippen LogP contribution in [0.3, 0.4) is 0 Å². The number of carbonyl (C=O) groups excluding carboxylic acids is 1. The molecule has 0 aliphatic carbocycles. The van der Waals surface area contributed by atoms with Gasteiger partial charge in [0.1, 0.15) is 12.4 Å². The van der Waals surface area contributed by atoms with E-state index in [1.807, 2.05) is 43.3 Å². The lowest BCUT2D eigenvalue weighted by Gasteiger charge is -2.10. The number of carbonyl (C=O) groups is 1. The molecule has 0 spiro atoms. The van der Waals surface area contributed by atoms with Gasteiger partial charge in [0, 0.05) is 12.8 Å². The van der Waals surface area contributed by atoms with Gasteiger partial charge in [-0.1, -0.05) is 0 Å². The maximum Gasteiger partial charge on any atom is 0.238 e. The molecule has 0 aromatic heterocycles. The normalized spacial score (nSPS) is 10.4. The summed E-state index contributed by atoms with van der Waals surface area (Å²) in [5.41, 5.74) is 0.765. The van der Waals surface area contributed by atoms with E-state index in [2.05, 4.69) is 5.32 Å². The van der Waals surface area contributed by atoms with Gasteiger partial charge in [0.25, 0.3) is 0 Å². The minimum Gasteiger partial charge on any atom is -0.491 e. The topological polar surface area (TPSA) is 50.8 Å². The van der Waals surface area contributed by atoms with E-state index in [0.29, 0.717) is 19.8 Å². The predicted octanol–water partition coefficient (Wildman–Crippen LogP) is 1.21. The second-order valence-electron chi connectivity index (χ2n) is 4.15. The van der Waals surface area contributed by atoms with Crippen LogP contribution in [0.1, 0.15) is 0 Å². The first-order valence-corrected chi connectivity index (χ1v) is 5.78. The minimum absolute atomic E-state index is 0.0342. The van der Waals surface area contributed by atoms with Gasteiger partial charge in [-0.15, -0.1) is 0 Å². The first-order valence-electron chi connectivity index (χ1n) is 5.78. The Kier molecular flexibility index (Phi) is 6.18. The number of anilines is 1. The molecule has 0 fully saturated rings. The Bertz CT molecular complexity index is 363. The van der Waals surface area contributed by atoms with Gasteiger partial charge in [-0.3, -0.25) is 4.79 Å². The van der Waals surface area contributed by atoms with Gasteiger partial charge in [0.15, 0.2) is 0 Å². The van der Waals surface area contributed by atoms with E-state index in [0.717, 1.165) is 11.4 Å². The number of likely N-dealkylation sites (N-methyl/N-ethyl adjacent to an activating group) is 1. The monoisotopic (exact) mass is 252 g/mol. The van der Waals surface area contributed by atoms with E-state index in [4.69, 9.17) is 9.47 Å². The van der Waals surface area contributed by atoms with Crippen LogP contribution in [0, 0.1) is 0 Å². The van der Waals surface area contributed by atoms with Gasteiger partial charge in [-0.05, 0) is 38.4 Å². The molecule has 5 heteroatoms. The third-order valence-corrected chi connectivity index (χ3v) is 2.15. The lowest BCUT2D eigenvalue weighted by atomic mass is 10.3. The van der Waals surface area contributed by atoms with E-state index in [-0.39, 0.29) is 5.91 Å². The number of benzene rings is 1. The van der Waals surface area contributed by atoms with Gasteiger partial charge in [-0.25, -0.2) is 0 Å². The number of nitrogens with zero attached hydrogens (tertiary/aromatic N) is 1. The molecule has 1 rings (SSSR count). The summed E-state index contributed by atoms with van der Waals surface area (Å²) in [7, 11) is 5.34. The molecule has 5 nitrogen and oxygen atoms in total. The van der Waals surface area contributed by atoms with E-state index in [1.54, 1.807) is 7.11 Å².